The van der Waals surface area contributed by atoms with Crippen LogP contribution in [0, 0.1) is 20.8 Å². The molecule has 0 bridgehead atoms. The summed E-state index contributed by atoms with van der Waals surface area (Å²) in [5, 5.41) is 0. The molecular weight excluding hydrogens is 446 g/mol. The second-order valence-electron chi connectivity index (χ2n) is 11.7. The summed E-state index contributed by atoms with van der Waals surface area (Å²) in [5.74, 6) is 0.583. The molecule has 0 amide bonds. The highest BCUT2D eigenvalue weighted by Crippen LogP contribution is 2.38. The first-order chi connectivity index (χ1) is 17.6. The Labute approximate surface area is 225 Å². The van der Waals surface area contributed by atoms with Gasteiger partial charge in [0.25, 0.3) is 0 Å². The lowest BCUT2D eigenvalue weighted by molar-refractivity contribution is 0.590. The summed E-state index contributed by atoms with van der Waals surface area (Å²) < 4.78 is 0. The van der Waals surface area contributed by atoms with Crippen molar-refractivity contribution < 1.29 is 0 Å². The van der Waals surface area contributed by atoms with Crippen molar-refractivity contribution >= 4 is 17.1 Å². The van der Waals surface area contributed by atoms with Gasteiger partial charge in [0.15, 0.2) is 0 Å². The van der Waals surface area contributed by atoms with E-state index in [-0.39, 0.29) is 5.41 Å². The lowest BCUT2D eigenvalue weighted by atomic mass is 9.87. The SMILES string of the molecule is CCCC(C)c1ccc(N(c2ccc(-c3cc(C)c(C)c(C)c3)cc2)c2ccc(C(C)(C)C)cc2)cc1. The van der Waals surface area contributed by atoms with Gasteiger partial charge in [-0.15, -0.1) is 0 Å². The van der Waals surface area contributed by atoms with Crippen LogP contribution in [-0.2, 0) is 5.41 Å². The number of benzene rings is 4. The van der Waals surface area contributed by atoms with Gasteiger partial charge in [0, 0.05) is 17.1 Å². The monoisotopic (exact) mass is 489 g/mol. The fraction of sp³-hybridized carbons (Fsp3) is 0.333. The number of nitrogens with zero attached hydrogens (tertiary/aromatic N) is 1. The molecule has 0 aliphatic rings. The summed E-state index contributed by atoms with van der Waals surface area (Å²) in [6, 6.07) is 31.8. The van der Waals surface area contributed by atoms with Crippen molar-refractivity contribution in [3.8, 4) is 11.1 Å². The van der Waals surface area contributed by atoms with E-state index in [1.165, 1.54) is 68.8 Å². The zero-order chi connectivity index (χ0) is 26.7. The third kappa shape index (κ3) is 5.99. The summed E-state index contributed by atoms with van der Waals surface area (Å²) in [5.41, 5.74) is 13.0. The third-order valence-electron chi connectivity index (χ3n) is 7.82. The first kappa shape index (κ1) is 26.7. The Morgan fingerprint density at radius 2 is 1.11 bits per heavy atom. The lowest BCUT2D eigenvalue weighted by Gasteiger charge is -2.27. The van der Waals surface area contributed by atoms with Gasteiger partial charge in [-0.1, -0.05) is 89.6 Å². The Balaban J connectivity index is 1.74. The standard InChI is InChI=1S/C36H43N/c1-9-10-25(2)29-11-17-33(18-12-29)37(35-21-15-32(16-22-35)36(6,7)8)34-19-13-30(14-20-34)31-23-26(3)28(5)27(4)24-31/h11-25H,9-10H2,1-8H3. The van der Waals surface area contributed by atoms with Gasteiger partial charge in [0.1, 0.15) is 0 Å². The average molecular weight is 490 g/mol. The van der Waals surface area contributed by atoms with E-state index in [1.54, 1.807) is 0 Å². The molecule has 0 aliphatic carbocycles. The van der Waals surface area contributed by atoms with Crippen LogP contribution in [0.5, 0.6) is 0 Å². The van der Waals surface area contributed by atoms with E-state index in [9.17, 15) is 0 Å². The van der Waals surface area contributed by atoms with Gasteiger partial charge >= 0.3 is 0 Å². The van der Waals surface area contributed by atoms with E-state index in [0.29, 0.717) is 5.92 Å². The molecule has 1 atom stereocenters. The molecular formula is C36H43N. The normalized spacial score (nSPS) is 12.4. The minimum Gasteiger partial charge on any atom is -0.311 e. The minimum atomic E-state index is 0.131. The second-order valence-corrected chi connectivity index (χ2v) is 11.7. The topological polar surface area (TPSA) is 3.24 Å². The molecule has 0 aromatic heterocycles. The maximum Gasteiger partial charge on any atom is 0.0462 e. The van der Waals surface area contributed by atoms with Crippen LogP contribution in [0.25, 0.3) is 11.1 Å². The van der Waals surface area contributed by atoms with Crippen LogP contribution in [0.15, 0.2) is 84.9 Å². The van der Waals surface area contributed by atoms with Crippen LogP contribution >= 0.6 is 0 Å². The van der Waals surface area contributed by atoms with Gasteiger partial charge in [0.2, 0.25) is 0 Å². The van der Waals surface area contributed by atoms with Crippen LogP contribution in [0.1, 0.15) is 81.2 Å². The van der Waals surface area contributed by atoms with Crippen LogP contribution in [0.3, 0.4) is 0 Å². The fourth-order valence-electron chi connectivity index (χ4n) is 5.11. The Morgan fingerprint density at radius 1 is 0.649 bits per heavy atom. The zero-order valence-electron chi connectivity index (χ0n) is 24.0. The molecule has 1 heteroatoms. The molecule has 0 spiro atoms. The zero-order valence-corrected chi connectivity index (χ0v) is 24.0. The molecule has 192 valence electrons. The molecule has 37 heavy (non-hydrogen) atoms. The first-order valence-electron chi connectivity index (χ1n) is 13.8. The molecule has 4 aromatic carbocycles. The van der Waals surface area contributed by atoms with Gasteiger partial charge < -0.3 is 4.90 Å². The molecule has 0 radical (unpaired) electrons. The Morgan fingerprint density at radius 3 is 1.57 bits per heavy atom. The van der Waals surface area contributed by atoms with Crippen molar-refractivity contribution in [1.82, 2.24) is 0 Å². The predicted octanol–water partition coefficient (Wildman–Crippen LogP) is 10.9. The van der Waals surface area contributed by atoms with Crippen molar-refractivity contribution in [3.63, 3.8) is 0 Å². The molecule has 0 aliphatic heterocycles. The summed E-state index contributed by atoms with van der Waals surface area (Å²) in [7, 11) is 0. The maximum atomic E-state index is 2.37. The van der Waals surface area contributed by atoms with Crippen molar-refractivity contribution in [3.05, 3.63) is 113 Å². The van der Waals surface area contributed by atoms with Crippen molar-refractivity contribution in [2.45, 2.75) is 79.6 Å². The van der Waals surface area contributed by atoms with Crippen molar-refractivity contribution in [2.24, 2.45) is 0 Å². The smallest absolute Gasteiger partial charge is 0.0462 e. The number of rotatable bonds is 7. The van der Waals surface area contributed by atoms with E-state index in [0.717, 1.165) is 0 Å². The van der Waals surface area contributed by atoms with Crippen molar-refractivity contribution in [1.29, 1.82) is 0 Å². The molecule has 0 saturated carbocycles. The van der Waals surface area contributed by atoms with E-state index in [2.05, 4.69) is 145 Å². The van der Waals surface area contributed by atoms with Crippen LogP contribution in [-0.4, -0.2) is 0 Å². The molecule has 1 nitrogen and oxygen atoms in total. The summed E-state index contributed by atoms with van der Waals surface area (Å²) >= 11 is 0. The van der Waals surface area contributed by atoms with E-state index < -0.39 is 0 Å². The highest BCUT2D eigenvalue weighted by atomic mass is 15.1. The third-order valence-corrected chi connectivity index (χ3v) is 7.82. The molecule has 0 fully saturated rings. The first-order valence-corrected chi connectivity index (χ1v) is 13.8. The minimum absolute atomic E-state index is 0.131. The average Bonchev–Trinajstić information content (AvgIpc) is 2.88. The van der Waals surface area contributed by atoms with Gasteiger partial charge in [-0.25, -0.2) is 0 Å². The Hall–Kier alpha value is -3.32. The number of hydrogen-bond acceptors (Lipinski definition) is 1. The Kier molecular flexibility index (Phi) is 7.93. The van der Waals surface area contributed by atoms with Crippen LogP contribution < -0.4 is 4.90 Å². The quantitative estimate of drug-likeness (QED) is 0.249. The number of aryl methyl sites for hydroxylation is 2. The van der Waals surface area contributed by atoms with Gasteiger partial charge in [-0.05, 0) is 114 Å². The largest absolute Gasteiger partial charge is 0.311 e. The van der Waals surface area contributed by atoms with Gasteiger partial charge in [-0.2, -0.15) is 0 Å². The maximum absolute atomic E-state index is 2.37. The van der Waals surface area contributed by atoms with E-state index >= 15 is 0 Å². The summed E-state index contributed by atoms with van der Waals surface area (Å²) in [4.78, 5) is 2.37. The molecule has 0 saturated heterocycles. The number of hydrogen-bond donors (Lipinski definition) is 0. The van der Waals surface area contributed by atoms with E-state index in [4.69, 9.17) is 0 Å². The highest BCUT2D eigenvalue weighted by molar-refractivity contribution is 5.78. The Bertz CT molecular complexity index is 1300. The predicted molar refractivity (Wildman–Crippen MR) is 163 cm³/mol. The van der Waals surface area contributed by atoms with E-state index in [1.807, 2.05) is 0 Å². The lowest BCUT2D eigenvalue weighted by Crippen LogP contribution is -2.13. The molecule has 0 heterocycles. The summed E-state index contributed by atoms with van der Waals surface area (Å²) in [6.07, 6.45) is 2.43. The second kappa shape index (κ2) is 11.0. The van der Waals surface area contributed by atoms with Crippen LogP contribution in [0.4, 0.5) is 17.1 Å². The fourth-order valence-corrected chi connectivity index (χ4v) is 5.11. The van der Waals surface area contributed by atoms with Gasteiger partial charge in [0.05, 0.1) is 0 Å². The van der Waals surface area contributed by atoms with Gasteiger partial charge in [-0.3, -0.25) is 0 Å². The number of anilines is 3. The molecule has 4 rings (SSSR count). The molecule has 4 aromatic rings. The summed E-state index contributed by atoms with van der Waals surface area (Å²) in [6.45, 7) is 18.0. The molecule has 1 unspecified atom stereocenters. The van der Waals surface area contributed by atoms with Crippen molar-refractivity contribution in [2.75, 3.05) is 4.90 Å². The van der Waals surface area contributed by atoms with Crippen LogP contribution in [0.2, 0.25) is 0 Å². The highest BCUT2D eigenvalue weighted by Gasteiger charge is 2.17. The molecule has 0 N–H and O–H groups in total.